The van der Waals surface area contributed by atoms with E-state index >= 15 is 0 Å². The van der Waals surface area contributed by atoms with E-state index in [4.69, 9.17) is 4.74 Å². The molecule has 0 amide bonds. The van der Waals surface area contributed by atoms with Crippen LogP contribution in [0.2, 0.25) is 0 Å². The van der Waals surface area contributed by atoms with Gasteiger partial charge in [-0.1, -0.05) is 19.3 Å². The van der Waals surface area contributed by atoms with Gasteiger partial charge in [-0.05, 0) is 31.7 Å². The summed E-state index contributed by atoms with van der Waals surface area (Å²) in [7, 11) is 1.91. The molecule has 1 aliphatic rings. The van der Waals surface area contributed by atoms with Gasteiger partial charge in [-0.25, -0.2) is 9.97 Å². The van der Waals surface area contributed by atoms with Crippen LogP contribution in [-0.2, 0) is 11.3 Å². The van der Waals surface area contributed by atoms with E-state index < -0.39 is 0 Å². The number of hydrogen-bond donors (Lipinski definition) is 1. The second-order valence-electron chi connectivity index (χ2n) is 5.84. The number of thiophene rings is 1. The van der Waals surface area contributed by atoms with Crippen molar-refractivity contribution in [2.24, 2.45) is 5.92 Å². The number of nitrogens with one attached hydrogen (secondary N) is 1. The molecule has 1 fully saturated rings. The summed E-state index contributed by atoms with van der Waals surface area (Å²) < 4.78 is 5.76. The van der Waals surface area contributed by atoms with E-state index in [0.717, 1.165) is 34.4 Å². The van der Waals surface area contributed by atoms with Gasteiger partial charge >= 0.3 is 0 Å². The quantitative estimate of drug-likeness (QED) is 0.818. The minimum Gasteiger partial charge on any atom is -0.373 e. The maximum absolute atomic E-state index is 5.76. The smallest absolute Gasteiger partial charge is 0.158 e. The molecule has 0 atom stereocenters. The van der Waals surface area contributed by atoms with Gasteiger partial charge in [-0.3, -0.25) is 0 Å². The minimum absolute atomic E-state index is 0.507. The molecule has 1 aliphatic carbocycles. The van der Waals surface area contributed by atoms with Gasteiger partial charge in [0.2, 0.25) is 0 Å². The van der Waals surface area contributed by atoms with Crippen molar-refractivity contribution >= 4 is 27.4 Å². The minimum atomic E-state index is 0.507. The number of aromatic nitrogens is 2. The van der Waals surface area contributed by atoms with E-state index in [2.05, 4.69) is 29.1 Å². The molecule has 1 N–H and O–H groups in total. The largest absolute Gasteiger partial charge is 0.373 e. The van der Waals surface area contributed by atoms with Crippen LogP contribution in [0.1, 0.15) is 41.9 Å². The first-order valence-corrected chi connectivity index (χ1v) is 8.52. The van der Waals surface area contributed by atoms with Gasteiger partial charge in [-0.15, -0.1) is 11.3 Å². The van der Waals surface area contributed by atoms with Gasteiger partial charge in [0.25, 0.3) is 0 Å². The summed E-state index contributed by atoms with van der Waals surface area (Å²) in [4.78, 5) is 11.6. The summed E-state index contributed by atoms with van der Waals surface area (Å²) in [5.74, 6) is 2.59. The maximum atomic E-state index is 5.76. The first-order valence-electron chi connectivity index (χ1n) is 7.71. The first kappa shape index (κ1) is 14.7. The molecular weight excluding hydrogens is 282 g/mol. The van der Waals surface area contributed by atoms with Crippen LogP contribution in [-0.4, -0.2) is 23.6 Å². The van der Waals surface area contributed by atoms with Crippen molar-refractivity contribution in [3.05, 3.63) is 16.3 Å². The van der Waals surface area contributed by atoms with Crippen molar-refractivity contribution in [1.29, 1.82) is 0 Å². The zero-order valence-electron chi connectivity index (χ0n) is 13.0. The first-order chi connectivity index (χ1) is 10.2. The average Bonchev–Trinajstić information content (AvgIpc) is 2.71. The number of hydrogen-bond acceptors (Lipinski definition) is 5. The topological polar surface area (TPSA) is 47.0 Å². The molecule has 0 unspecified atom stereocenters. The van der Waals surface area contributed by atoms with E-state index in [9.17, 15) is 0 Å². The molecule has 0 aromatic carbocycles. The van der Waals surface area contributed by atoms with Crippen molar-refractivity contribution in [2.45, 2.75) is 46.1 Å². The summed E-state index contributed by atoms with van der Waals surface area (Å²) in [6.07, 6.45) is 5.33. The number of aryl methyl sites for hydroxylation is 2. The van der Waals surface area contributed by atoms with E-state index in [-0.39, 0.29) is 0 Å². The Hall–Kier alpha value is -1.20. The van der Waals surface area contributed by atoms with Crippen molar-refractivity contribution in [3.63, 3.8) is 0 Å². The summed E-state index contributed by atoms with van der Waals surface area (Å²) >= 11 is 1.73. The highest BCUT2D eigenvalue weighted by Gasteiger charge is 2.17. The standard InChI is InChI=1S/C16H23N3OS/c1-10-11(2)21-16-14(10)15(17-3)18-13(19-16)9-20-8-7-12-5-4-6-12/h12H,4-9H2,1-3H3,(H,17,18,19). The lowest BCUT2D eigenvalue weighted by Crippen LogP contribution is -2.13. The molecule has 21 heavy (non-hydrogen) atoms. The van der Waals surface area contributed by atoms with Crippen LogP contribution in [0.5, 0.6) is 0 Å². The normalized spacial score (nSPS) is 15.4. The Morgan fingerprint density at radius 3 is 2.76 bits per heavy atom. The van der Waals surface area contributed by atoms with E-state index in [1.165, 1.54) is 36.1 Å². The van der Waals surface area contributed by atoms with Gasteiger partial charge in [0.15, 0.2) is 5.82 Å². The van der Waals surface area contributed by atoms with Crippen molar-refractivity contribution in [3.8, 4) is 0 Å². The highest BCUT2D eigenvalue weighted by atomic mass is 32.1. The number of rotatable bonds is 6. The van der Waals surface area contributed by atoms with Crippen molar-refractivity contribution < 1.29 is 4.74 Å². The molecule has 2 aromatic rings. The molecule has 5 heteroatoms. The molecule has 114 valence electrons. The lowest BCUT2D eigenvalue weighted by Gasteiger charge is -2.24. The van der Waals surface area contributed by atoms with Crippen LogP contribution in [0.25, 0.3) is 10.2 Å². The lowest BCUT2D eigenvalue weighted by atomic mass is 9.83. The van der Waals surface area contributed by atoms with Gasteiger partial charge in [0.1, 0.15) is 17.3 Å². The molecule has 4 nitrogen and oxygen atoms in total. The fraction of sp³-hybridized carbons (Fsp3) is 0.625. The number of ether oxygens (including phenoxy) is 1. The van der Waals surface area contributed by atoms with E-state index in [0.29, 0.717) is 6.61 Å². The predicted octanol–water partition coefficient (Wildman–Crippen LogP) is 4.06. The average molecular weight is 305 g/mol. The summed E-state index contributed by atoms with van der Waals surface area (Å²) in [6.45, 7) is 5.60. The van der Waals surface area contributed by atoms with Gasteiger partial charge < -0.3 is 10.1 Å². The second-order valence-corrected chi connectivity index (χ2v) is 7.04. The van der Waals surface area contributed by atoms with Crippen LogP contribution >= 0.6 is 11.3 Å². The Morgan fingerprint density at radius 1 is 1.29 bits per heavy atom. The lowest BCUT2D eigenvalue weighted by molar-refractivity contribution is 0.0909. The molecule has 0 saturated heterocycles. The van der Waals surface area contributed by atoms with Crippen molar-refractivity contribution in [2.75, 3.05) is 19.0 Å². The van der Waals surface area contributed by atoms with Crippen LogP contribution < -0.4 is 5.32 Å². The molecule has 1 saturated carbocycles. The van der Waals surface area contributed by atoms with Crippen LogP contribution in [0, 0.1) is 19.8 Å². The third kappa shape index (κ3) is 3.04. The van der Waals surface area contributed by atoms with Gasteiger partial charge in [-0.2, -0.15) is 0 Å². The molecule has 3 rings (SSSR count). The Kier molecular flexibility index (Phi) is 4.40. The van der Waals surface area contributed by atoms with Gasteiger partial charge in [0, 0.05) is 18.5 Å². The maximum Gasteiger partial charge on any atom is 0.158 e. The van der Waals surface area contributed by atoms with E-state index in [1.54, 1.807) is 11.3 Å². The number of anilines is 1. The SMILES string of the molecule is CNc1nc(COCCC2CCC2)nc2sc(C)c(C)c12. The highest BCUT2D eigenvalue weighted by Crippen LogP contribution is 2.33. The molecule has 2 heterocycles. The summed E-state index contributed by atoms with van der Waals surface area (Å²) in [5, 5.41) is 4.34. The third-order valence-corrected chi connectivity index (χ3v) is 5.54. The van der Waals surface area contributed by atoms with Crippen LogP contribution in [0.15, 0.2) is 0 Å². The number of fused-ring (bicyclic) bond motifs is 1. The summed E-state index contributed by atoms with van der Waals surface area (Å²) in [5.41, 5.74) is 1.27. The molecule has 2 aromatic heterocycles. The fourth-order valence-electron chi connectivity index (χ4n) is 2.73. The monoisotopic (exact) mass is 305 g/mol. The molecule has 0 radical (unpaired) electrons. The fourth-order valence-corrected chi connectivity index (χ4v) is 3.78. The van der Waals surface area contributed by atoms with Crippen molar-refractivity contribution in [1.82, 2.24) is 9.97 Å². The zero-order chi connectivity index (χ0) is 14.8. The van der Waals surface area contributed by atoms with Crippen LogP contribution in [0.3, 0.4) is 0 Å². The van der Waals surface area contributed by atoms with E-state index in [1.807, 2.05) is 7.05 Å². The van der Waals surface area contributed by atoms with Crippen LogP contribution in [0.4, 0.5) is 5.82 Å². The zero-order valence-corrected chi connectivity index (χ0v) is 13.8. The Bertz CT molecular complexity index is 634. The Labute approximate surface area is 129 Å². The highest BCUT2D eigenvalue weighted by molar-refractivity contribution is 7.18. The molecular formula is C16H23N3OS. The Balaban J connectivity index is 1.70. The molecule has 0 spiro atoms. The Morgan fingerprint density at radius 2 is 2.10 bits per heavy atom. The third-order valence-electron chi connectivity index (χ3n) is 4.44. The second kappa shape index (κ2) is 6.28. The summed E-state index contributed by atoms with van der Waals surface area (Å²) in [6, 6.07) is 0. The molecule has 0 bridgehead atoms. The predicted molar refractivity (Wildman–Crippen MR) is 88.0 cm³/mol. The van der Waals surface area contributed by atoms with Gasteiger partial charge in [0.05, 0.1) is 5.39 Å². The molecule has 0 aliphatic heterocycles. The number of nitrogens with zero attached hydrogens (tertiary/aromatic N) is 2.